The van der Waals surface area contributed by atoms with Crippen LogP contribution in [0.25, 0.3) is 0 Å². The van der Waals surface area contributed by atoms with Gasteiger partial charge < -0.3 is 9.63 Å². The molecule has 0 radical (unpaired) electrons. The van der Waals surface area contributed by atoms with Gasteiger partial charge in [0.1, 0.15) is 11.4 Å². The second-order valence-corrected chi connectivity index (χ2v) is 2.34. The number of aryl methyl sites for hydroxylation is 2. The minimum Gasteiger partial charge on any atom is -0.465 e. The second kappa shape index (κ2) is 3.25. The van der Waals surface area contributed by atoms with E-state index in [2.05, 4.69) is 10.5 Å². The molecule has 0 fully saturated rings. The van der Waals surface area contributed by atoms with Gasteiger partial charge in [0.25, 0.3) is 0 Å². The summed E-state index contributed by atoms with van der Waals surface area (Å²) in [4.78, 5) is 10.3. The summed E-state index contributed by atoms with van der Waals surface area (Å²) in [6.45, 7) is 3.54. The Morgan fingerprint density at radius 3 is 2.92 bits per heavy atom. The van der Waals surface area contributed by atoms with E-state index in [0.717, 1.165) is 0 Å². The Morgan fingerprint density at radius 2 is 2.42 bits per heavy atom. The fourth-order valence-electron chi connectivity index (χ4n) is 0.926. The van der Waals surface area contributed by atoms with E-state index in [1.165, 1.54) is 0 Å². The van der Waals surface area contributed by atoms with Crippen LogP contribution in [0.15, 0.2) is 4.52 Å². The van der Waals surface area contributed by atoms with Crippen molar-refractivity contribution in [1.82, 2.24) is 5.16 Å². The van der Waals surface area contributed by atoms with Gasteiger partial charge in [-0.3, -0.25) is 5.32 Å². The van der Waals surface area contributed by atoms with Crippen LogP contribution in [0.4, 0.5) is 10.5 Å². The Labute approximate surface area is 69.4 Å². The van der Waals surface area contributed by atoms with Gasteiger partial charge in [0.15, 0.2) is 5.76 Å². The molecule has 5 heteroatoms. The molecule has 1 aromatic heterocycles. The molecule has 1 heterocycles. The van der Waals surface area contributed by atoms with Gasteiger partial charge in [-0.05, 0) is 13.3 Å². The van der Waals surface area contributed by atoms with Crippen LogP contribution >= 0.6 is 0 Å². The lowest BCUT2D eigenvalue weighted by Gasteiger charge is -1.97. The lowest BCUT2D eigenvalue weighted by Crippen LogP contribution is -2.09. The SMILES string of the molecule is CCc1noc(C)c1NC(=O)O. The summed E-state index contributed by atoms with van der Waals surface area (Å²) < 4.78 is 4.81. The fourth-order valence-corrected chi connectivity index (χ4v) is 0.926. The minimum atomic E-state index is -1.10. The van der Waals surface area contributed by atoms with Crippen LogP contribution in [0.2, 0.25) is 0 Å². The van der Waals surface area contributed by atoms with Gasteiger partial charge in [-0.1, -0.05) is 12.1 Å². The number of aromatic nitrogens is 1. The summed E-state index contributed by atoms with van der Waals surface area (Å²) in [6, 6.07) is 0. The monoisotopic (exact) mass is 170 g/mol. The minimum absolute atomic E-state index is 0.463. The van der Waals surface area contributed by atoms with Crippen molar-refractivity contribution in [2.24, 2.45) is 0 Å². The highest BCUT2D eigenvalue weighted by atomic mass is 16.5. The van der Waals surface area contributed by atoms with Crippen molar-refractivity contribution >= 4 is 11.8 Å². The summed E-state index contributed by atoms with van der Waals surface area (Å²) in [5.74, 6) is 0.495. The summed E-state index contributed by atoms with van der Waals surface area (Å²) in [6.07, 6.45) is -0.455. The standard InChI is InChI=1S/C7H10N2O3/c1-3-5-6(8-7(10)11)4(2)12-9-5/h8H,3H2,1-2H3,(H,10,11). The zero-order valence-electron chi connectivity index (χ0n) is 6.92. The van der Waals surface area contributed by atoms with Crippen molar-refractivity contribution in [3.05, 3.63) is 11.5 Å². The molecule has 0 spiro atoms. The van der Waals surface area contributed by atoms with Crippen LogP contribution in [0.3, 0.4) is 0 Å². The highest BCUT2D eigenvalue weighted by molar-refractivity contribution is 5.84. The van der Waals surface area contributed by atoms with E-state index in [1.54, 1.807) is 6.92 Å². The zero-order valence-corrected chi connectivity index (χ0v) is 6.92. The first-order valence-corrected chi connectivity index (χ1v) is 3.60. The molecular formula is C7H10N2O3. The Bertz CT molecular complexity index is 293. The molecule has 0 unspecified atom stereocenters. The third-order valence-electron chi connectivity index (χ3n) is 1.50. The number of anilines is 1. The first-order chi connectivity index (χ1) is 5.65. The molecule has 0 saturated carbocycles. The Morgan fingerprint density at radius 1 is 1.75 bits per heavy atom. The maximum atomic E-state index is 10.3. The Kier molecular flexibility index (Phi) is 2.32. The molecule has 1 aromatic rings. The maximum absolute atomic E-state index is 10.3. The quantitative estimate of drug-likeness (QED) is 0.707. The third-order valence-corrected chi connectivity index (χ3v) is 1.50. The highest BCUT2D eigenvalue weighted by Gasteiger charge is 2.12. The van der Waals surface area contributed by atoms with Gasteiger partial charge in [0, 0.05) is 0 Å². The molecule has 0 bridgehead atoms. The van der Waals surface area contributed by atoms with Crippen LogP contribution in [0, 0.1) is 6.92 Å². The van der Waals surface area contributed by atoms with E-state index in [9.17, 15) is 4.79 Å². The van der Waals surface area contributed by atoms with E-state index in [4.69, 9.17) is 9.63 Å². The maximum Gasteiger partial charge on any atom is 0.409 e. The van der Waals surface area contributed by atoms with E-state index >= 15 is 0 Å². The second-order valence-electron chi connectivity index (χ2n) is 2.34. The third kappa shape index (κ3) is 1.55. The first kappa shape index (κ1) is 8.58. The Balaban J connectivity index is 2.94. The van der Waals surface area contributed by atoms with Gasteiger partial charge in [-0.2, -0.15) is 0 Å². The number of hydrogen-bond acceptors (Lipinski definition) is 3. The van der Waals surface area contributed by atoms with Crippen LogP contribution in [0.5, 0.6) is 0 Å². The van der Waals surface area contributed by atoms with Gasteiger partial charge in [-0.15, -0.1) is 0 Å². The van der Waals surface area contributed by atoms with Gasteiger partial charge in [-0.25, -0.2) is 4.79 Å². The smallest absolute Gasteiger partial charge is 0.409 e. The molecule has 12 heavy (non-hydrogen) atoms. The van der Waals surface area contributed by atoms with Crippen LogP contribution in [0.1, 0.15) is 18.4 Å². The fraction of sp³-hybridized carbons (Fsp3) is 0.429. The summed E-state index contributed by atoms with van der Waals surface area (Å²) in [5.41, 5.74) is 1.10. The predicted octanol–water partition coefficient (Wildman–Crippen LogP) is 1.64. The van der Waals surface area contributed by atoms with Gasteiger partial charge in [0.05, 0.1) is 0 Å². The number of carbonyl (C=O) groups is 1. The number of nitrogens with zero attached hydrogens (tertiary/aromatic N) is 1. The van der Waals surface area contributed by atoms with Crippen LogP contribution in [-0.4, -0.2) is 16.4 Å². The highest BCUT2D eigenvalue weighted by Crippen LogP contribution is 2.19. The lowest BCUT2D eigenvalue weighted by molar-refractivity contribution is 0.209. The number of rotatable bonds is 2. The summed E-state index contributed by atoms with van der Waals surface area (Å²) in [5, 5.41) is 14.4. The molecule has 5 nitrogen and oxygen atoms in total. The van der Waals surface area contributed by atoms with Crippen LogP contribution < -0.4 is 5.32 Å². The van der Waals surface area contributed by atoms with E-state index < -0.39 is 6.09 Å². The Hall–Kier alpha value is -1.52. The van der Waals surface area contributed by atoms with E-state index in [1.807, 2.05) is 6.92 Å². The van der Waals surface area contributed by atoms with E-state index in [0.29, 0.717) is 23.6 Å². The molecular weight excluding hydrogens is 160 g/mol. The average Bonchev–Trinajstić information content (AvgIpc) is 2.32. The van der Waals surface area contributed by atoms with Crippen molar-refractivity contribution in [2.45, 2.75) is 20.3 Å². The van der Waals surface area contributed by atoms with Crippen molar-refractivity contribution in [1.29, 1.82) is 0 Å². The largest absolute Gasteiger partial charge is 0.465 e. The number of carboxylic acid groups (broad SMARTS) is 1. The van der Waals surface area contributed by atoms with Gasteiger partial charge >= 0.3 is 6.09 Å². The normalized spacial score (nSPS) is 9.83. The topological polar surface area (TPSA) is 75.4 Å². The summed E-state index contributed by atoms with van der Waals surface area (Å²) in [7, 11) is 0. The lowest BCUT2D eigenvalue weighted by atomic mass is 10.2. The zero-order chi connectivity index (χ0) is 9.14. The molecule has 0 atom stereocenters. The van der Waals surface area contributed by atoms with Crippen molar-refractivity contribution in [3.8, 4) is 0 Å². The molecule has 0 aliphatic heterocycles. The van der Waals surface area contributed by atoms with Crippen LogP contribution in [-0.2, 0) is 6.42 Å². The number of hydrogen-bond donors (Lipinski definition) is 2. The summed E-state index contributed by atoms with van der Waals surface area (Å²) >= 11 is 0. The molecule has 0 aliphatic rings. The van der Waals surface area contributed by atoms with Crippen molar-refractivity contribution in [3.63, 3.8) is 0 Å². The molecule has 1 amide bonds. The molecule has 0 saturated heterocycles. The number of amides is 1. The molecule has 0 aliphatic carbocycles. The average molecular weight is 170 g/mol. The predicted molar refractivity (Wildman–Crippen MR) is 42.3 cm³/mol. The van der Waals surface area contributed by atoms with Crippen molar-refractivity contribution in [2.75, 3.05) is 5.32 Å². The molecule has 0 aromatic carbocycles. The molecule has 1 rings (SSSR count). The number of nitrogens with one attached hydrogen (secondary N) is 1. The molecule has 2 N–H and O–H groups in total. The molecule has 66 valence electrons. The van der Waals surface area contributed by atoms with E-state index in [-0.39, 0.29) is 0 Å². The van der Waals surface area contributed by atoms with Crippen molar-refractivity contribution < 1.29 is 14.4 Å². The van der Waals surface area contributed by atoms with Gasteiger partial charge in [0.2, 0.25) is 0 Å². The first-order valence-electron chi connectivity index (χ1n) is 3.60.